The van der Waals surface area contributed by atoms with Gasteiger partial charge in [0.2, 0.25) is 0 Å². The van der Waals surface area contributed by atoms with Gasteiger partial charge in [0.15, 0.2) is 11.4 Å². The highest BCUT2D eigenvalue weighted by Gasteiger charge is 2.54. The smallest absolute Gasteiger partial charge is 0.446 e. The first kappa shape index (κ1) is 26.2. The predicted octanol–water partition coefficient (Wildman–Crippen LogP) is 6.79. The number of carbonyl (C=O) groups excluding carboxylic acids is 1. The summed E-state index contributed by atoms with van der Waals surface area (Å²) in [5.74, 6) is -0.736. The van der Waals surface area contributed by atoms with Gasteiger partial charge in [-0.25, -0.2) is 4.79 Å². The molecule has 1 aromatic rings. The van der Waals surface area contributed by atoms with Crippen molar-refractivity contribution in [3.63, 3.8) is 0 Å². The summed E-state index contributed by atoms with van der Waals surface area (Å²) in [7, 11) is 0. The molecule has 1 atom stereocenters. The molecule has 7 nitrogen and oxygen atoms in total. The maximum atomic E-state index is 14.2. The highest BCUT2D eigenvalue weighted by atomic mass is 35.6. The second-order valence-corrected chi connectivity index (χ2v) is 8.60. The first-order chi connectivity index (χ1) is 13.8. The molecule has 0 bridgehead atoms. The molecule has 168 valence electrons. The summed E-state index contributed by atoms with van der Waals surface area (Å²) in [5.41, 5.74) is -1.00. The molecule has 12 heteroatoms. The van der Waals surface area contributed by atoms with Crippen molar-refractivity contribution >= 4 is 52.3 Å². The molecule has 0 fully saturated rings. The molecule has 0 spiro atoms. The minimum atomic E-state index is -4.35. The number of nitro groups is 1. The quantitative estimate of drug-likeness (QED) is 0.169. The predicted molar refractivity (Wildman–Crippen MR) is 112 cm³/mol. The second kappa shape index (κ2) is 11.0. The lowest BCUT2D eigenvalue weighted by atomic mass is 10.1. The lowest BCUT2D eigenvalue weighted by Gasteiger charge is -2.25. The Morgan fingerprint density at radius 1 is 1.40 bits per heavy atom. The van der Waals surface area contributed by atoms with Crippen molar-refractivity contribution in [3.05, 3.63) is 40.5 Å². The Morgan fingerprint density at radius 2 is 2.03 bits per heavy atom. The Morgan fingerprint density at radius 3 is 2.53 bits per heavy atom. The molecule has 0 aliphatic carbocycles. The average molecular weight is 490 g/mol. The third kappa shape index (κ3) is 7.45. The van der Waals surface area contributed by atoms with Crippen LogP contribution in [0, 0.1) is 10.1 Å². The molecule has 1 aromatic carbocycles. The minimum Gasteiger partial charge on any atom is -0.446 e. The van der Waals surface area contributed by atoms with Gasteiger partial charge >= 0.3 is 12.2 Å². The van der Waals surface area contributed by atoms with E-state index in [-0.39, 0.29) is 0 Å². The van der Waals surface area contributed by atoms with Crippen molar-refractivity contribution in [1.29, 1.82) is 0 Å². The summed E-state index contributed by atoms with van der Waals surface area (Å²) in [4.78, 5) is 22.9. The van der Waals surface area contributed by atoms with E-state index in [0.29, 0.717) is 31.2 Å². The van der Waals surface area contributed by atoms with Crippen LogP contribution in [0.2, 0.25) is 0 Å². The number of benzene rings is 1. The highest BCUT2D eigenvalue weighted by Crippen LogP contribution is 2.46. The molecule has 30 heavy (non-hydrogen) atoms. The fraction of sp³-hybridized carbons (Fsp3) is 0.500. The number of ether oxygens (including phenoxy) is 2. The van der Waals surface area contributed by atoms with Crippen molar-refractivity contribution in [2.24, 2.45) is 0 Å². The second-order valence-electron chi connectivity index (χ2n) is 6.32. The van der Waals surface area contributed by atoms with Gasteiger partial charge in [-0.05, 0) is 37.8 Å². The van der Waals surface area contributed by atoms with Crippen molar-refractivity contribution in [1.82, 2.24) is 0 Å². The lowest BCUT2D eigenvalue weighted by Crippen LogP contribution is -2.39. The zero-order valence-corrected chi connectivity index (χ0v) is 18.5. The number of hydrogen-bond acceptors (Lipinski definition) is 5. The number of nitrogens with zero attached hydrogens (tertiary/aromatic N) is 1. The highest BCUT2D eigenvalue weighted by molar-refractivity contribution is 6.68. The van der Waals surface area contributed by atoms with Crippen LogP contribution in [0.5, 0.6) is 5.75 Å². The third-order valence-corrected chi connectivity index (χ3v) is 4.42. The lowest BCUT2D eigenvalue weighted by molar-refractivity contribution is -0.384. The number of alkyl halides is 5. The van der Waals surface area contributed by atoms with Crippen molar-refractivity contribution in [3.8, 4) is 5.75 Å². The fourth-order valence-electron chi connectivity index (χ4n) is 2.36. The van der Waals surface area contributed by atoms with Gasteiger partial charge in [-0.15, -0.1) is 6.58 Å². The average Bonchev–Trinajstić information content (AvgIpc) is 2.60. The molecule has 0 heterocycles. The molecule has 0 saturated carbocycles. The van der Waals surface area contributed by atoms with Crippen LogP contribution in [0.3, 0.4) is 0 Å². The molecule has 0 radical (unpaired) electrons. The summed E-state index contributed by atoms with van der Waals surface area (Å²) in [6.07, 6.45) is -2.50. The Bertz CT molecular complexity index is 788. The molecular formula is C18H21Cl3F2N2O5. The van der Waals surface area contributed by atoms with E-state index in [1.54, 1.807) is 19.9 Å². The third-order valence-electron chi connectivity index (χ3n) is 3.76. The Kier molecular flexibility index (Phi) is 9.58. The fourth-order valence-corrected chi connectivity index (χ4v) is 2.48. The van der Waals surface area contributed by atoms with Gasteiger partial charge in [-0.3, -0.25) is 15.4 Å². The number of amides is 1. The zero-order valence-electron chi connectivity index (χ0n) is 16.2. The van der Waals surface area contributed by atoms with E-state index in [4.69, 9.17) is 39.5 Å². The van der Waals surface area contributed by atoms with Crippen LogP contribution in [0.4, 0.5) is 25.0 Å². The van der Waals surface area contributed by atoms with Crippen LogP contribution in [-0.2, 0) is 11.2 Å². The summed E-state index contributed by atoms with van der Waals surface area (Å²) in [6.45, 7) is 6.93. The topological polar surface area (TPSA) is 90.7 Å². The Hall–Kier alpha value is -1.84. The van der Waals surface area contributed by atoms with E-state index in [0.717, 1.165) is 12.1 Å². The van der Waals surface area contributed by atoms with E-state index in [2.05, 4.69) is 16.6 Å². The standard InChI is InChI=1S/C18H21Cl3F2N2O5/c1-4-6-8-11(3)29-16(26)24-15-13(25(27)28)9-12(7-5-2)10-14(15)30-18(22,23)17(19,20)21/h4,9-11H,1,5-8H2,2-3H3,(H,24,26). The van der Waals surface area contributed by atoms with E-state index in [1.165, 1.54) is 0 Å². The van der Waals surface area contributed by atoms with Crippen LogP contribution in [0.15, 0.2) is 24.8 Å². The SMILES string of the molecule is C=CCCC(C)OC(=O)Nc1c(OC(F)(F)C(Cl)(Cl)Cl)cc(CCC)cc1[N+](=O)[O-]. The monoisotopic (exact) mass is 488 g/mol. The summed E-state index contributed by atoms with van der Waals surface area (Å²) in [6, 6.07) is 2.25. The molecule has 0 saturated heterocycles. The van der Waals surface area contributed by atoms with Crippen molar-refractivity contribution < 1.29 is 28.0 Å². The van der Waals surface area contributed by atoms with Gasteiger partial charge in [0.25, 0.3) is 9.48 Å². The van der Waals surface area contributed by atoms with Crippen molar-refractivity contribution in [2.75, 3.05) is 5.32 Å². The van der Waals surface area contributed by atoms with Crippen LogP contribution >= 0.6 is 34.8 Å². The van der Waals surface area contributed by atoms with Gasteiger partial charge in [-0.1, -0.05) is 54.2 Å². The van der Waals surface area contributed by atoms with E-state index in [9.17, 15) is 23.7 Å². The zero-order chi connectivity index (χ0) is 23.1. The summed E-state index contributed by atoms with van der Waals surface area (Å²) >= 11 is 15.8. The number of hydrogen-bond donors (Lipinski definition) is 1. The summed E-state index contributed by atoms with van der Waals surface area (Å²) in [5, 5.41) is 13.6. The van der Waals surface area contributed by atoms with Gasteiger partial charge < -0.3 is 9.47 Å². The number of rotatable bonds is 10. The number of nitro benzene ring substituents is 1. The summed E-state index contributed by atoms with van der Waals surface area (Å²) < 4.78 is 34.8. The molecule has 1 unspecified atom stereocenters. The number of nitrogens with one attached hydrogen (secondary N) is 1. The molecule has 1 N–H and O–H groups in total. The van der Waals surface area contributed by atoms with Crippen molar-refractivity contribution in [2.45, 2.75) is 55.5 Å². The Labute approximate surface area is 187 Å². The molecule has 0 aliphatic heterocycles. The maximum absolute atomic E-state index is 14.2. The number of aryl methyl sites for hydroxylation is 1. The largest absolute Gasteiger partial charge is 0.446 e. The van der Waals surface area contributed by atoms with Crippen LogP contribution in [0.25, 0.3) is 0 Å². The first-order valence-corrected chi connectivity index (χ1v) is 9.99. The van der Waals surface area contributed by atoms with Gasteiger partial charge in [-0.2, -0.15) is 8.78 Å². The molecule has 0 aromatic heterocycles. The Balaban J connectivity index is 3.37. The first-order valence-electron chi connectivity index (χ1n) is 8.85. The van der Waals surface area contributed by atoms with Crippen LogP contribution in [-0.4, -0.2) is 27.0 Å². The van der Waals surface area contributed by atoms with E-state index in [1.807, 2.05) is 0 Å². The molecule has 1 amide bonds. The normalized spacial score (nSPS) is 12.8. The molecule has 0 aliphatic rings. The molecule has 1 rings (SSSR count). The van der Waals surface area contributed by atoms with Crippen LogP contribution in [0.1, 0.15) is 38.7 Å². The number of halogens is 5. The van der Waals surface area contributed by atoms with Gasteiger partial charge in [0.1, 0.15) is 6.10 Å². The van der Waals surface area contributed by atoms with Gasteiger partial charge in [0.05, 0.1) is 4.92 Å². The maximum Gasteiger partial charge on any atom is 0.446 e. The number of anilines is 1. The minimum absolute atomic E-state index is 0.317. The van der Waals surface area contributed by atoms with E-state index < -0.39 is 44.1 Å². The van der Waals surface area contributed by atoms with Crippen LogP contribution < -0.4 is 10.1 Å². The number of carbonyl (C=O) groups is 1. The van der Waals surface area contributed by atoms with E-state index >= 15 is 0 Å². The molecular weight excluding hydrogens is 469 g/mol. The number of allylic oxidation sites excluding steroid dienone is 1. The van der Waals surface area contributed by atoms with Gasteiger partial charge in [0, 0.05) is 6.07 Å².